The number of pyridine rings is 1. The third-order valence-electron chi connectivity index (χ3n) is 3.96. The average Bonchev–Trinajstić information content (AvgIpc) is 2.61. The quantitative estimate of drug-likeness (QED) is 0.781. The Morgan fingerprint density at radius 1 is 1.29 bits per heavy atom. The number of carbonyl (C=O) groups excluding carboxylic acids is 1. The maximum Gasteiger partial charge on any atom is 0.338 e. The van der Waals surface area contributed by atoms with Crippen LogP contribution in [0.25, 0.3) is 11.3 Å². The summed E-state index contributed by atoms with van der Waals surface area (Å²) in [5.74, 6) is 0.140. The van der Waals surface area contributed by atoms with Crippen molar-refractivity contribution in [1.29, 1.82) is 5.26 Å². The van der Waals surface area contributed by atoms with E-state index in [9.17, 15) is 4.79 Å². The van der Waals surface area contributed by atoms with Gasteiger partial charge in [0.2, 0.25) is 0 Å². The van der Waals surface area contributed by atoms with Gasteiger partial charge in [0, 0.05) is 11.8 Å². The molecule has 1 aromatic carbocycles. The van der Waals surface area contributed by atoms with Crippen LogP contribution in [0.3, 0.4) is 0 Å². The highest BCUT2D eigenvalue weighted by Crippen LogP contribution is 2.30. The van der Waals surface area contributed by atoms with Crippen LogP contribution in [-0.2, 0) is 4.74 Å². The molecule has 0 unspecified atom stereocenters. The molecule has 5 heteroatoms. The Labute approximate surface area is 141 Å². The predicted octanol–water partition coefficient (Wildman–Crippen LogP) is 3.85. The van der Waals surface area contributed by atoms with Crippen LogP contribution in [0.15, 0.2) is 42.6 Å². The molecule has 0 saturated carbocycles. The molecule has 0 bridgehead atoms. The fourth-order valence-electron chi connectivity index (χ4n) is 2.02. The van der Waals surface area contributed by atoms with Crippen LogP contribution in [0.2, 0.25) is 0 Å². The van der Waals surface area contributed by atoms with Gasteiger partial charge >= 0.3 is 5.97 Å². The van der Waals surface area contributed by atoms with Crippen LogP contribution in [-0.4, -0.2) is 24.2 Å². The third-order valence-corrected chi connectivity index (χ3v) is 3.96. The van der Waals surface area contributed by atoms with Gasteiger partial charge in [-0.3, -0.25) is 4.98 Å². The summed E-state index contributed by atoms with van der Waals surface area (Å²) >= 11 is 0. The first-order valence-electron chi connectivity index (χ1n) is 7.60. The van der Waals surface area contributed by atoms with E-state index in [1.54, 1.807) is 52.3 Å². The minimum atomic E-state index is -0.758. The zero-order valence-electron chi connectivity index (χ0n) is 14.2. The zero-order valence-corrected chi connectivity index (χ0v) is 14.2. The molecule has 1 heterocycles. The van der Waals surface area contributed by atoms with Gasteiger partial charge in [0.1, 0.15) is 11.9 Å². The molecule has 24 heavy (non-hydrogen) atoms. The molecular weight excluding hydrogens is 304 g/mol. The average molecular weight is 324 g/mol. The van der Waals surface area contributed by atoms with E-state index >= 15 is 0 Å². The molecule has 2 aromatic rings. The van der Waals surface area contributed by atoms with Gasteiger partial charge in [0.05, 0.1) is 29.9 Å². The van der Waals surface area contributed by atoms with Gasteiger partial charge in [-0.2, -0.15) is 5.26 Å². The first kappa shape index (κ1) is 17.5. The summed E-state index contributed by atoms with van der Waals surface area (Å²) in [6, 6.07) is 12.7. The standard InChI is InChI=1S/C19H20N2O3/c1-13(19(2,3)12-20)24-18(22)14-8-9-17(23-4)15(11-14)16-7-5-6-10-21-16/h5-11,13H,1-4H3/t13-/m1/s1. The second-order valence-corrected chi connectivity index (χ2v) is 6.01. The summed E-state index contributed by atoms with van der Waals surface area (Å²) in [5, 5.41) is 9.14. The molecule has 0 radical (unpaired) electrons. The molecule has 5 nitrogen and oxygen atoms in total. The lowest BCUT2D eigenvalue weighted by molar-refractivity contribution is 0.0129. The number of nitriles is 1. The van der Waals surface area contributed by atoms with Crippen molar-refractivity contribution in [3.63, 3.8) is 0 Å². The highest BCUT2D eigenvalue weighted by atomic mass is 16.5. The van der Waals surface area contributed by atoms with Crippen molar-refractivity contribution in [2.24, 2.45) is 5.41 Å². The Morgan fingerprint density at radius 3 is 2.62 bits per heavy atom. The van der Waals surface area contributed by atoms with Gasteiger partial charge in [-0.15, -0.1) is 0 Å². The summed E-state index contributed by atoms with van der Waals surface area (Å²) in [4.78, 5) is 16.7. The normalized spacial score (nSPS) is 12.1. The first-order chi connectivity index (χ1) is 11.4. The lowest BCUT2D eigenvalue weighted by Crippen LogP contribution is -2.30. The number of nitrogens with zero attached hydrogens (tertiary/aromatic N) is 2. The highest BCUT2D eigenvalue weighted by Gasteiger charge is 2.29. The monoisotopic (exact) mass is 324 g/mol. The van der Waals surface area contributed by atoms with Crippen LogP contribution < -0.4 is 4.74 Å². The fraction of sp³-hybridized carbons (Fsp3) is 0.316. The molecule has 0 fully saturated rings. The van der Waals surface area contributed by atoms with E-state index < -0.39 is 17.5 Å². The summed E-state index contributed by atoms with van der Waals surface area (Å²) in [7, 11) is 1.57. The summed E-state index contributed by atoms with van der Waals surface area (Å²) < 4.78 is 10.8. The van der Waals surface area contributed by atoms with E-state index in [4.69, 9.17) is 14.7 Å². The highest BCUT2D eigenvalue weighted by molar-refractivity contribution is 5.92. The molecule has 0 spiro atoms. The van der Waals surface area contributed by atoms with Gasteiger partial charge < -0.3 is 9.47 Å². The number of esters is 1. The molecule has 0 amide bonds. The topological polar surface area (TPSA) is 72.2 Å². The number of rotatable bonds is 5. The van der Waals surface area contributed by atoms with Gasteiger partial charge in [-0.05, 0) is 51.1 Å². The molecule has 2 rings (SSSR count). The van der Waals surface area contributed by atoms with Gasteiger partial charge in [0.15, 0.2) is 0 Å². The second-order valence-electron chi connectivity index (χ2n) is 6.01. The lowest BCUT2D eigenvalue weighted by Gasteiger charge is -2.24. The number of methoxy groups -OCH3 is 1. The van der Waals surface area contributed by atoms with E-state index in [0.717, 1.165) is 0 Å². The van der Waals surface area contributed by atoms with Crippen molar-refractivity contribution in [3.05, 3.63) is 48.2 Å². The van der Waals surface area contributed by atoms with Crippen LogP contribution in [0, 0.1) is 16.7 Å². The minimum absolute atomic E-state index is 0.386. The van der Waals surface area contributed by atoms with Crippen molar-refractivity contribution in [1.82, 2.24) is 4.98 Å². The predicted molar refractivity (Wildman–Crippen MR) is 90.5 cm³/mol. The molecule has 0 aliphatic heterocycles. The van der Waals surface area contributed by atoms with Crippen LogP contribution >= 0.6 is 0 Å². The molecule has 0 N–H and O–H groups in total. The largest absolute Gasteiger partial charge is 0.496 e. The van der Waals surface area contributed by atoms with E-state index in [-0.39, 0.29) is 0 Å². The van der Waals surface area contributed by atoms with E-state index in [1.807, 2.05) is 18.2 Å². The van der Waals surface area contributed by atoms with Gasteiger partial charge in [-0.1, -0.05) is 6.07 Å². The van der Waals surface area contributed by atoms with Crippen molar-refractivity contribution in [2.45, 2.75) is 26.9 Å². The number of aromatic nitrogens is 1. The van der Waals surface area contributed by atoms with Crippen molar-refractivity contribution < 1.29 is 14.3 Å². The molecule has 0 aliphatic rings. The molecule has 124 valence electrons. The maximum absolute atomic E-state index is 12.4. The summed E-state index contributed by atoms with van der Waals surface area (Å²) in [6.45, 7) is 5.18. The lowest BCUT2D eigenvalue weighted by atomic mass is 9.89. The fourth-order valence-corrected chi connectivity index (χ4v) is 2.02. The number of hydrogen-bond acceptors (Lipinski definition) is 5. The number of ether oxygens (including phenoxy) is 2. The number of benzene rings is 1. The number of carbonyl (C=O) groups is 1. The minimum Gasteiger partial charge on any atom is -0.496 e. The Hall–Kier alpha value is -2.87. The molecule has 0 aliphatic carbocycles. The first-order valence-corrected chi connectivity index (χ1v) is 7.60. The van der Waals surface area contributed by atoms with Gasteiger partial charge in [0.25, 0.3) is 0 Å². The Balaban J connectivity index is 2.32. The van der Waals surface area contributed by atoms with Gasteiger partial charge in [-0.25, -0.2) is 4.79 Å². The van der Waals surface area contributed by atoms with Crippen molar-refractivity contribution in [2.75, 3.05) is 7.11 Å². The van der Waals surface area contributed by atoms with E-state index in [0.29, 0.717) is 22.6 Å². The van der Waals surface area contributed by atoms with E-state index in [2.05, 4.69) is 11.1 Å². The van der Waals surface area contributed by atoms with Crippen LogP contribution in [0.1, 0.15) is 31.1 Å². The summed E-state index contributed by atoms with van der Waals surface area (Å²) in [6.07, 6.45) is 1.15. The second kappa shape index (κ2) is 7.14. The van der Waals surface area contributed by atoms with Crippen LogP contribution in [0.4, 0.5) is 0 Å². The Kier molecular flexibility index (Phi) is 5.20. The smallest absolute Gasteiger partial charge is 0.338 e. The number of hydrogen-bond donors (Lipinski definition) is 0. The zero-order chi connectivity index (χ0) is 17.7. The molecule has 1 atom stereocenters. The van der Waals surface area contributed by atoms with Crippen molar-refractivity contribution >= 4 is 5.97 Å². The molecule has 0 saturated heterocycles. The third kappa shape index (κ3) is 3.72. The Morgan fingerprint density at radius 2 is 2.04 bits per heavy atom. The molecule has 1 aromatic heterocycles. The molecular formula is C19H20N2O3. The Bertz CT molecular complexity index is 764. The van der Waals surface area contributed by atoms with E-state index in [1.165, 1.54) is 0 Å². The van der Waals surface area contributed by atoms with Crippen LogP contribution in [0.5, 0.6) is 5.75 Å². The summed E-state index contributed by atoms with van der Waals surface area (Å²) in [5.41, 5.74) is 1.04. The SMILES string of the molecule is COc1ccc(C(=O)O[C@H](C)C(C)(C)C#N)cc1-c1ccccn1. The van der Waals surface area contributed by atoms with Crippen molar-refractivity contribution in [3.8, 4) is 23.1 Å². The maximum atomic E-state index is 12.4.